The third-order valence-corrected chi connectivity index (χ3v) is 5.56. The highest BCUT2D eigenvalue weighted by Crippen LogP contribution is 2.20. The van der Waals surface area contributed by atoms with Crippen LogP contribution in [0.15, 0.2) is 42.6 Å². The lowest BCUT2D eigenvalue weighted by Gasteiger charge is -2.37. The monoisotopic (exact) mass is 378 g/mol. The Morgan fingerprint density at radius 2 is 1.93 bits per heavy atom. The number of rotatable bonds is 5. The zero-order valence-electron chi connectivity index (χ0n) is 16.5. The standard InChI is InChI=1S/C21H26N6O/c1-25-11-9-18(10-12-25)27(13-8-16-6-4-3-5-7-16)21(28)17-14-19-20(22-15-17)26(2)24-23-19/h3-7,14-15,18H,8-13H2,1-2H3. The molecule has 3 heterocycles. The summed E-state index contributed by atoms with van der Waals surface area (Å²) in [6, 6.07) is 12.4. The van der Waals surface area contributed by atoms with Crippen molar-refractivity contribution in [2.24, 2.45) is 7.05 Å². The Hall–Kier alpha value is -2.80. The van der Waals surface area contributed by atoms with Crippen molar-refractivity contribution in [1.29, 1.82) is 0 Å². The Labute approximate surface area is 165 Å². The maximum absolute atomic E-state index is 13.4. The second-order valence-electron chi connectivity index (χ2n) is 7.55. The number of carbonyl (C=O) groups excluding carboxylic acids is 1. The highest BCUT2D eigenvalue weighted by atomic mass is 16.2. The molecule has 1 saturated heterocycles. The van der Waals surface area contributed by atoms with E-state index in [0.29, 0.717) is 23.3 Å². The summed E-state index contributed by atoms with van der Waals surface area (Å²) in [5, 5.41) is 8.10. The molecule has 7 nitrogen and oxygen atoms in total. The van der Waals surface area contributed by atoms with E-state index in [4.69, 9.17) is 0 Å². The number of benzene rings is 1. The molecule has 0 saturated carbocycles. The number of nitrogens with zero attached hydrogens (tertiary/aromatic N) is 6. The van der Waals surface area contributed by atoms with Crippen LogP contribution in [0.1, 0.15) is 28.8 Å². The van der Waals surface area contributed by atoms with Crippen LogP contribution < -0.4 is 0 Å². The topological polar surface area (TPSA) is 67.2 Å². The van der Waals surface area contributed by atoms with E-state index in [1.807, 2.05) is 29.2 Å². The highest BCUT2D eigenvalue weighted by Gasteiger charge is 2.28. The molecule has 28 heavy (non-hydrogen) atoms. The van der Waals surface area contributed by atoms with E-state index >= 15 is 0 Å². The lowest BCUT2D eigenvalue weighted by atomic mass is 10.0. The van der Waals surface area contributed by atoms with E-state index in [1.54, 1.807) is 17.9 Å². The molecule has 146 valence electrons. The van der Waals surface area contributed by atoms with Gasteiger partial charge in [0, 0.05) is 25.8 Å². The van der Waals surface area contributed by atoms with Gasteiger partial charge < -0.3 is 9.80 Å². The van der Waals surface area contributed by atoms with Crippen LogP contribution in [0.25, 0.3) is 11.2 Å². The molecule has 2 aromatic heterocycles. The smallest absolute Gasteiger partial charge is 0.255 e. The van der Waals surface area contributed by atoms with Gasteiger partial charge in [0.1, 0.15) is 5.52 Å². The van der Waals surface area contributed by atoms with E-state index in [9.17, 15) is 4.79 Å². The third-order valence-electron chi connectivity index (χ3n) is 5.56. The lowest BCUT2D eigenvalue weighted by Crippen LogP contribution is -2.47. The Kier molecular flexibility index (Phi) is 5.34. The van der Waals surface area contributed by atoms with E-state index in [1.165, 1.54) is 5.56 Å². The third kappa shape index (κ3) is 3.89. The predicted octanol–water partition coefficient (Wildman–Crippen LogP) is 2.14. The van der Waals surface area contributed by atoms with Gasteiger partial charge in [-0.2, -0.15) is 0 Å². The molecular formula is C21H26N6O. The van der Waals surface area contributed by atoms with Gasteiger partial charge in [-0.1, -0.05) is 35.5 Å². The quantitative estimate of drug-likeness (QED) is 0.680. The largest absolute Gasteiger partial charge is 0.335 e. The average Bonchev–Trinajstić information content (AvgIpc) is 3.10. The number of aryl methyl sites for hydroxylation is 1. The van der Waals surface area contributed by atoms with Crippen molar-refractivity contribution in [3.05, 3.63) is 53.7 Å². The summed E-state index contributed by atoms with van der Waals surface area (Å²) in [7, 11) is 3.94. The Bertz CT molecular complexity index is 946. The van der Waals surface area contributed by atoms with Crippen LogP contribution in [0.3, 0.4) is 0 Å². The fourth-order valence-corrected chi connectivity index (χ4v) is 3.86. The summed E-state index contributed by atoms with van der Waals surface area (Å²) in [6.07, 6.45) is 4.49. The molecule has 0 bridgehead atoms. The summed E-state index contributed by atoms with van der Waals surface area (Å²) < 4.78 is 1.62. The zero-order valence-corrected chi connectivity index (χ0v) is 16.5. The number of likely N-dealkylation sites (tertiary alicyclic amines) is 1. The molecule has 0 radical (unpaired) electrons. The zero-order chi connectivity index (χ0) is 19.5. The molecular weight excluding hydrogens is 352 g/mol. The molecule has 0 unspecified atom stereocenters. The number of hydrogen-bond donors (Lipinski definition) is 0. The summed E-state index contributed by atoms with van der Waals surface area (Å²) in [5.74, 6) is 0.0329. The minimum atomic E-state index is 0.0329. The predicted molar refractivity (Wildman–Crippen MR) is 108 cm³/mol. The second kappa shape index (κ2) is 8.06. The first-order valence-corrected chi connectivity index (χ1v) is 9.80. The molecule has 1 fully saturated rings. The molecule has 4 rings (SSSR count). The van der Waals surface area contributed by atoms with Crippen LogP contribution in [-0.4, -0.2) is 68.4 Å². The van der Waals surface area contributed by atoms with Crippen molar-refractivity contribution < 1.29 is 4.79 Å². The van der Waals surface area contributed by atoms with E-state index in [2.05, 4.69) is 39.4 Å². The molecule has 1 aromatic carbocycles. The van der Waals surface area contributed by atoms with Crippen molar-refractivity contribution in [2.45, 2.75) is 25.3 Å². The minimum absolute atomic E-state index is 0.0329. The average molecular weight is 378 g/mol. The fourth-order valence-electron chi connectivity index (χ4n) is 3.86. The molecule has 0 N–H and O–H groups in total. The number of carbonyl (C=O) groups is 1. The number of piperidine rings is 1. The van der Waals surface area contributed by atoms with Crippen molar-refractivity contribution in [1.82, 2.24) is 29.8 Å². The highest BCUT2D eigenvalue weighted by molar-refractivity contribution is 5.96. The molecule has 0 atom stereocenters. The normalized spacial score (nSPS) is 15.8. The first-order chi connectivity index (χ1) is 13.6. The van der Waals surface area contributed by atoms with Gasteiger partial charge >= 0.3 is 0 Å². The Morgan fingerprint density at radius 1 is 1.18 bits per heavy atom. The van der Waals surface area contributed by atoms with Gasteiger partial charge in [0.25, 0.3) is 5.91 Å². The molecule has 1 amide bonds. The van der Waals surface area contributed by atoms with Crippen LogP contribution in [-0.2, 0) is 13.5 Å². The molecule has 1 aliphatic heterocycles. The molecule has 7 heteroatoms. The van der Waals surface area contributed by atoms with Crippen molar-refractivity contribution in [3.63, 3.8) is 0 Å². The van der Waals surface area contributed by atoms with Gasteiger partial charge in [-0.05, 0) is 51.0 Å². The minimum Gasteiger partial charge on any atom is -0.335 e. The van der Waals surface area contributed by atoms with Crippen LogP contribution in [0.2, 0.25) is 0 Å². The first kappa shape index (κ1) is 18.6. The Morgan fingerprint density at radius 3 is 2.68 bits per heavy atom. The number of pyridine rings is 1. The molecule has 0 spiro atoms. The summed E-state index contributed by atoms with van der Waals surface area (Å²) in [5.41, 5.74) is 3.17. The number of fused-ring (bicyclic) bond motifs is 1. The number of amides is 1. The van der Waals surface area contributed by atoms with Gasteiger partial charge in [0.05, 0.1) is 5.56 Å². The second-order valence-corrected chi connectivity index (χ2v) is 7.55. The van der Waals surface area contributed by atoms with Gasteiger partial charge in [-0.25, -0.2) is 9.67 Å². The van der Waals surface area contributed by atoms with Crippen LogP contribution in [0, 0.1) is 0 Å². The van der Waals surface area contributed by atoms with Gasteiger partial charge in [0.2, 0.25) is 0 Å². The Balaban J connectivity index is 1.57. The lowest BCUT2D eigenvalue weighted by molar-refractivity contribution is 0.0594. The fraction of sp³-hybridized carbons (Fsp3) is 0.429. The van der Waals surface area contributed by atoms with Crippen LogP contribution >= 0.6 is 0 Å². The van der Waals surface area contributed by atoms with Crippen LogP contribution in [0.4, 0.5) is 0 Å². The van der Waals surface area contributed by atoms with Crippen molar-refractivity contribution >= 4 is 17.1 Å². The van der Waals surface area contributed by atoms with Crippen LogP contribution in [0.5, 0.6) is 0 Å². The van der Waals surface area contributed by atoms with Gasteiger partial charge in [-0.15, -0.1) is 5.10 Å². The maximum atomic E-state index is 13.4. The van der Waals surface area contributed by atoms with Gasteiger partial charge in [-0.3, -0.25) is 4.79 Å². The number of aromatic nitrogens is 4. The van der Waals surface area contributed by atoms with E-state index in [-0.39, 0.29) is 11.9 Å². The summed E-state index contributed by atoms with van der Waals surface area (Å²) in [6.45, 7) is 2.73. The van der Waals surface area contributed by atoms with E-state index < -0.39 is 0 Å². The van der Waals surface area contributed by atoms with Gasteiger partial charge in [0.15, 0.2) is 5.65 Å². The molecule has 0 aliphatic carbocycles. The summed E-state index contributed by atoms with van der Waals surface area (Å²) >= 11 is 0. The maximum Gasteiger partial charge on any atom is 0.255 e. The van der Waals surface area contributed by atoms with Crippen molar-refractivity contribution in [2.75, 3.05) is 26.7 Å². The first-order valence-electron chi connectivity index (χ1n) is 9.80. The van der Waals surface area contributed by atoms with Crippen molar-refractivity contribution in [3.8, 4) is 0 Å². The molecule has 3 aromatic rings. The van der Waals surface area contributed by atoms with E-state index in [0.717, 1.165) is 32.4 Å². The SMILES string of the molecule is CN1CCC(N(CCc2ccccc2)C(=O)c2cnc3c(c2)nnn3C)CC1. The summed E-state index contributed by atoms with van der Waals surface area (Å²) in [4.78, 5) is 22.2. The molecule has 1 aliphatic rings. The number of hydrogen-bond acceptors (Lipinski definition) is 5.